The zero-order chi connectivity index (χ0) is 24.0. The molecule has 4 heterocycles. The fourth-order valence-corrected chi connectivity index (χ4v) is 5.68. The summed E-state index contributed by atoms with van der Waals surface area (Å²) in [5.41, 5.74) is 1.34. The summed E-state index contributed by atoms with van der Waals surface area (Å²) in [7, 11) is 0. The first-order valence-corrected chi connectivity index (χ1v) is 11.9. The standard InChI is InChI=1S/C24H28N4O6/c29-19-5-4-18(21(30)25-19)28-22(31)16-2-1-3-17(20(16)23(28)32)27-10-6-14(7-11-27)12-26-9-8-15(13-26)24(33)34/h1-3,14-15,18H,4-13H2,(H,33,34)(H,25,29,30). The Morgan fingerprint density at radius 2 is 1.76 bits per heavy atom. The van der Waals surface area contributed by atoms with Gasteiger partial charge in [0.2, 0.25) is 11.8 Å². The quantitative estimate of drug-likeness (QED) is 0.605. The second kappa shape index (κ2) is 8.83. The lowest BCUT2D eigenvalue weighted by Crippen LogP contribution is -2.54. The Morgan fingerprint density at radius 1 is 1.00 bits per heavy atom. The van der Waals surface area contributed by atoms with Gasteiger partial charge in [-0.1, -0.05) is 6.07 Å². The van der Waals surface area contributed by atoms with E-state index in [1.165, 1.54) is 0 Å². The van der Waals surface area contributed by atoms with Gasteiger partial charge in [0.25, 0.3) is 11.8 Å². The largest absolute Gasteiger partial charge is 0.481 e. The second-order valence-electron chi connectivity index (χ2n) is 9.66. The van der Waals surface area contributed by atoms with E-state index >= 15 is 0 Å². The fourth-order valence-electron chi connectivity index (χ4n) is 5.68. The highest BCUT2D eigenvalue weighted by Gasteiger charge is 2.46. The number of hydrogen-bond acceptors (Lipinski definition) is 7. The lowest BCUT2D eigenvalue weighted by Gasteiger charge is -2.36. The van der Waals surface area contributed by atoms with Crippen LogP contribution in [0.15, 0.2) is 18.2 Å². The van der Waals surface area contributed by atoms with E-state index in [0.717, 1.165) is 43.9 Å². The number of piperidine rings is 2. The Kier molecular flexibility index (Phi) is 5.85. The summed E-state index contributed by atoms with van der Waals surface area (Å²) in [5.74, 6) is -2.52. The number of aliphatic carboxylic acids is 1. The van der Waals surface area contributed by atoms with Crippen molar-refractivity contribution in [3.63, 3.8) is 0 Å². The SMILES string of the molecule is O=C1CCC(N2C(=O)c3cccc(N4CCC(CN5CCC(C(=O)O)C5)CC4)c3C2=O)C(=O)N1. The summed E-state index contributed by atoms with van der Waals surface area (Å²) in [5, 5.41) is 11.4. The molecule has 180 valence electrons. The summed E-state index contributed by atoms with van der Waals surface area (Å²) in [6.45, 7) is 3.77. The van der Waals surface area contributed by atoms with Gasteiger partial charge >= 0.3 is 5.97 Å². The molecule has 2 N–H and O–H groups in total. The average Bonchev–Trinajstić information content (AvgIpc) is 3.38. The van der Waals surface area contributed by atoms with Gasteiger partial charge < -0.3 is 14.9 Å². The van der Waals surface area contributed by atoms with Crippen molar-refractivity contribution in [3.05, 3.63) is 29.3 Å². The molecule has 3 saturated heterocycles. The first-order valence-electron chi connectivity index (χ1n) is 11.9. The van der Waals surface area contributed by atoms with Crippen molar-refractivity contribution < 1.29 is 29.1 Å². The summed E-state index contributed by atoms with van der Waals surface area (Å²) < 4.78 is 0. The highest BCUT2D eigenvalue weighted by Crippen LogP contribution is 2.36. The number of likely N-dealkylation sites (tertiary alicyclic amines) is 1. The van der Waals surface area contributed by atoms with E-state index in [1.807, 2.05) is 6.07 Å². The van der Waals surface area contributed by atoms with E-state index in [0.29, 0.717) is 35.7 Å². The van der Waals surface area contributed by atoms with Gasteiger partial charge in [-0.15, -0.1) is 0 Å². The van der Waals surface area contributed by atoms with Crippen LogP contribution in [0.4, 0.5) is 5.69 Å². The molecule has 0 aliphatic carbocycles. The Morgan fingerprint density at radius 3 is 2.44 bits per heavy atom. The van der Waals surface area contributed by atoms with Crippen LogP contribution in [0.5, 0.6) is 0 Å². The predicted octanol–water partition coefficient (Wildman–Crippen LogP) is 0.711. The molecule has 5 rings (SSSR count). The normalized spacial score (nSPS) is 26.2. The van der Waals surface area contributed by atoms with Crippen molar-refractivity contribution in [3.8, 4) is 0 Å². The maximum absolute atomic E-state index is 13.3. The van der Waals surface area contributed by atoms with Crippen LogP contribution < -0.4 is 10.2 Å². The third-order valence-corrected chi connectivity index (χ3v) is 7.54. The number of hydrogen-bond donors (Lipinski definition) is 2. The third-order valence-electron chi connectivity index (χ3n) is 7.54. The van der Waals surface area contributed by atoms with Crippen LogP contribution in [-0.4, -0.2) is 83.3 Å². The molecule has 0 radical (unpaired) electrons. The summed E-state index contributed by atoms with van der Waals surface area (Å²) in [6, 6.07) is 4.24. The van der Waals surface area contributed by atoms with Gasteiger partial charge in [-0.2, -0.15) is 0 Å². The van der Waals surface area contributed by atoms with E-state index in [-0.39, 0.29) is 18.8 Å². The molecule has 4 amide bonds. The van der Waals surface area contributed by atoms with E-state index in [1.54, 1.807) is 12.1 Å². The number of amides is 4. The smallest absolute Gasteiger partial charge is 0.307 e. The molecule has 34 heavy (non-hydrogen) atoms. The minimum atomic E-state index is -0.973. The Balaban J connectivity index is 1.27. The van der Waals surface area contributed by atoms with Crippen LogP contribution in [0.2, 0.25) is 0 Å². The monoisotopic (exact) mass is 468 g/mol. The molecule has 0 saturated carbocycles. The highest BCUT2D eigenvalue weighted by atomic mass is 16.4. The van der Waals surface area contributed by atoms with Gasteiger partial charge in [0.1, 0.15) is 6.04 Å². The summed E-state index contributed by atoms with van der Waals surface area (Å²) in [4.78, 5) is 66.8. The second-order valence-corrected chi connectivity index (χ2v) is 9.66. The molecule has 2 atom stereocenters. The molecule has 0 aromatic heterocycles. The van der Waals surface area contributed by atoms with Gasteiger partial charge in [0, 0.05) is 32.6 Å². The minimum Gasteiger partial charge on any atom is -0.481 e. The molecule has 4 aliphatic rings. The maximum Gasteiger partial charge on any atom is 0.307 e. The molecule has 10 heteroatoms. The molecule has 1 aromatic rings. The molecular formula is C24H28N4O6. The number of carboxylic acids is 1. The lowest BCUT2D eigenvalue weighted by molar-refractivity contribution is -0.141. The van der Waals surface area contributed by atoms with Crippen LogP contribution in [0.3, 0.4) is 0 Å². The first-order chi connectivity index (χ1) is 16.3. The molecule has 0 spiro atoms. The van der Waals surface area contributed by atoms with Gasteiger partial charge in [-0.3, -0.25) is 34.2 Å². The molecule has 4 aliphatic heterocycles. The molecule has 2 unspecified atom stereocenters. The van der Waals surface area contributed by atoms with Crippen molar-refractivity contribution in [1.29, 1.82) is 0 Å². The van der Waals surface area contributed by atoms with Crippen LogP contribution in [0.25, 0.3) is 0 Å². The van der Waals surface area contributed by atoms with E-state index in [2.05, 4.69) is 15.1 Å². The van der Waals surface area contributed by atoms with E-state index < -0.39 is 35.6 Å². The Labute approximate surface area is 196 Å². The number of nitrogens with one attached hydrogen (secondary N) is 1. The Bertz CT molecular complexity index is 1060. The fraction of sp³-hybridized carbons (Fsp3) is 0.542. The van der Waals surface area contributed by atoms with Crippen molar-refractivity contribution >= 4 is 35.3 Å². The number of carboxylic acid groups (broad SMARTS) is 1. The number of nitrogens with zero attached hydrogens (tertiary/aromatic N) is 3. The van der Waals surface area contributed by atoms with Crippen LogP contribution in [0, 0.1) is 11.8 Å². The maximum atomic E-state index is 13.3. The highest BCUT2D eigenvalue weighted by molar-refractivity contribution is 6.25. The van der Waals surface area contributed by atoms with E-state index in [4.69, 9.17) is 0 Å². The van der Waals surface area contributed by atoms with Crippen molar-refractivity contribution in [2.24, 2.45) is 11.8 Å². The minimum absolute atomic E-state index is 0.0917. The molecule has 1 aromatic carbocycles. The number of benzene rings is 1. The van der Waals surface area contributed by atoms with Gasteiger partial charge in [0.05, 0.1) is 22.7 Å². The molecular weight excluding hydrogens is 440 g/mol. The lowest BCUT2D eigenvalue weighted by atomic mass is 9.95. The van der Waals surface area contributed by atoms with Gasteiger partial charge in [-0.05, 0) is 50.3 Å². The van der Waals surface area contributed by atoms with Crippen LogP contribution in [0.1, 0.15) is 52.8 Å². The van der Waals surface area contributed by atoms with Gasteiger partial charge in [-0.25, -0.2) is 0 Å². The zero-order valence-corrected chi connectivity index (χ0v) is 18.9. The Hall–Kier alpha value is -3.27. The van der Waals surface area contributed by atoms with Crippen molar-refractivity contribution in [2.45, 2.75) is 38.1 Å². The third kappa shape index (κ3) is 3.96. The van der Waals surface area contributed by atoms with Crippen LogP contribution >= 0.6 is 0 Å². The van der Waals surface area contributed by atoms with E-state index in [9.17, 15) is 29.1 Å². The van der Waals surface area contributed by atoms with Crippen molar-refractivity contribution in [2.75, 3.05) is 37.6 Å². The first kappa shape index (κ1) is 22.5. The van der Waals surface area contributed by atoms with Crippen LogP contribution in [-0.2, 0) is 14.4 Å². The summed E-state index contributed by atoms with van der Waals surface area (Å²) >= 11 is 0. The number of rotatable bonds is 5. The number of imide groups is 2. The zero-order valence-electron chi connectivity index (χ0n) is 18.9. The topological polar surface area (TPSA) is 127 Å². The predicted molar refractivity (Wildman–Crippen MR) is 120 cm³/mol. The number of fused-ring (bicyclic) bond motifs is 1. The molecule has 0 bridgehead atoms. The van der Waals surface area contributed by atoms with Gasteiger partial charge in [0.15, 0.2) is 0 Å². The number of anilines is 1. The summed E-state index contributed by atoms with van der Waals surface area (Å²) in [6.07, 6.45) is 2.75. The molecule has 3 fully saturated rings. The number of carbonyl (C=O) groups excluding carboxylic acids is 4. The molecule has 10 nitrogen and oxygen atoms in total. The number of carbonyl (C=O) groups is 5. The van der Waals surface area contributed by atoms with Crippen molar-refractivity contribution in [1.82, 2.24) is 15.1 Å². The average molecular weight is 469 g/mol.